The highest BCUT2D eigenvalue weighted by Gasteiger charge is 2.12. The van der Waals surface area contributed by atoms with Gasteiger partial charge in [0.2, 0.25) is 6.79 Å². The van der Waals surface area contributed by atoms with Crippen LogP contribution in [0.1, 0.15) is 38.2 Å². The molecule has 0 aromatic heterocycles. The summed E-state index contributed by atoms with van der Waals surface area (Å²) in [5.41, 5.74) is 1.14. The largest absolute Gasteiger partial charge is 0.454 e. The maximum Gasteiger partial charge on any atom is 0.231 e. The Hall–Kier alpha value is -1.22. The summed E-state index contributed by atoms with van der Waals surface area (Å²) in [6.45, 7) is 4.04. The molecular formula is C14H20O3. The second kappa shape index (κ2) is 6.50. The van der Waals surface area contributed by atoms with Crippen molar-refractivity contribution in [1.29, 1.82) is 0 Å². The number of hydrogen-bond acceptors (Lipinski definition) is 3. The molecule has 2 rings (SSSR count). The minimum Gasteiger partial charge on any atom is -0.454 e. The van der Waals surface area contributed by atoms with Gasteiger partial charge in [-0.25, -0.2) is 0 Å². The molecule has 3 heteroatoms. The van der Waals surface area contributed by atoms with Crippen LogP contribution in [0.5, 0.6) is 11.5 Å². The van der Waals surface area contributed by atoms with Gasteiger partial charge in [0.25, 0.3) is 0 Å². The van der Waals surface area contributed by atoms with Gasteiger partial charge in [-0.1, -0.05) is 32.3 Å². The van der Waals surface area contributed by atoms with Gasteiger partial charge in [0, 0.05) is 6.61 Å². The third kappa shape index (κ3) is 3.63. The maximum atomic E-state index is 5.63. The monoisotopic (exact) mass is 236 g/mol. The van der Waals surface area contributed by atoms with E-state index >= 15 is 0 Å². The summed E-state index contributed by atoms with van der Waals surface area (Å²) in [4.78, 5) is 0. The molecule has 0 saturated carbocycles. The SMILES string of the molecule is CCCCCCOCc1ccc2c(c1)OCO2. The predicted octanol–water partition coefficient (Wildman–Crippen LogP) is 3.51. The fraction of sp³-hybridized carbons (Fsp3) is 0.571. The van der Waals surface area contributed by atoms with Crippen LogP contribution in [0, 0.1) is 0 Å². The fourth-order valence-electron chi connectivity index (χ4n) is 1.85. The van der Waals surface area contributed by atoms with Gasteiger partial charge in [-0.2, -0.15) is 0 Å². The predicted molar refractivity (Wildman–Crippen MR) is 66.4 cm³/mol. The normalized spacial score (nSPS) is 13.0. The first-order valence-corrected chi connectivity index (χ1v) is 6.36. The van der Waals surface area contributed by atoms with Gasteiger partial charge < -0.3 is 14.2 Å². The quantitative estimate of drug-likeness (QED) is 0.678. The van der Waals surface area contributed by atoms with Gasteiger partial charge in [-0.05, 0) is 24.1 Å². The molecule has 0 spiro atoms. The molecule has 94 valence electrons. The minimum absolute atomic E-state index is 0.330. The molecule has 1 aliphatic heterocycles. The lowest BCUT2D eigenvalue weighted by molar-refractivity contribution is 0.116. The first-order valence-electron chi connectivity index (χ1n) is 6.36. The molecule has 0 unspecified atom stereocenters. The number of benzene rings is 1. The highest BCUT2D eigenvalue weighted by Crippen LogP contribution is 2.32. The van der Waals surface area contributed by atoms with Crippen LogP contribution >= 0.6 is 0 Å². The van der Waals surface area contributed by atoms with Crippen molar-refractivity contribution in [2.75, 3.05) is 13.4 Å². The Balaban J connectivity index is 1.69. The lowest BCUT2D eigenvalue weighted by Gasteiger charge is -2.05. The van der Waals surface area contributed by atoms with E-state index in [4.69, 9.17) is 14.2 Å². The molecule has 0 saturated heterocycles. The van der Waals surface area contributed by atoms with Crippen molar-refractivity contribution >= 4 is 0 Å². The Kier molecular flexibility index (Phi) is 4.68. The van der Waals surface area contributed by atoms with Gasteiger partial charge in [0.05, 0.1) is 6.61 Å². The first kappa shape index (κ1) is 12.2. The molecule has 0 atom stereocenters. The second-order valence-corrected chi connectivity index (χ2v) is 4.30. The van der Waals surface area contributed by atoms with Crippen molar-refractivity contribution in [3.05, 3.63) is 23.8 Å². The van der Waals surface area contributed by atoms with Crippen molar-refractivity contribution in [2.24, 2.45) is 0 Å². The van der Waals surface area contributed by atoms with E-state index in [2.05, 4.69) is 6.92 Å². The van der Waals surface area contributed by atoms with Crippen molar-refractivity contribution in [1.82, 2.24) is 0 Å². The summed E-state index contributed by atoms with van der Waals surface area (Å²) >= 11 is 0. The average Bonchev–Trinajstić information content (AvgIpc) is 2.81. The van der Waals surface area contributed by atoms with Crippen LogP contribution in [0.15, 0.2) is 18.2 Å². The Morgan fingerprint density at radius 3 is 2.88 bits per heavy atom. The molecule has 0 amide bonds. The second-order valence-electron chi connectivity index (χ2n) is 4.30. The summed E-state index contributed by atoms with van der Waals surface area (Å²) < 4.78 is 16.2. The zero-order valence-corrected chi connectivity index (χ0v) is 10.4. The number of fused-ring (bicyclic) bond motifs is 1. The van der Waals surface area contributed by atoms with E-state index in [9.17, 15) is 0 Å². The summed E-state index contributed by atoms with van der Waals surface area (Å²) in [5.74, 6) is 1.66. The molecule has 0 radical (unpaired) electrons. The molecular weight excluding hydrogens is 216 g/mol. The zero-order valence-electron chi connectivity index (χ0n) is 10.4. The van der Waals surface area contributed by atoms with Gasteiger partial charge in [-0.3, -0.25) is 0 Å². The highest BCUT2D eigenvalue weighted by molar-refractivity contribution is 5.44. The number of hydrogen-bond donors (Lipinski definition) is 0. The standard InChI is InChI=1S/C14H20O3/c1-2-3-4-5-8-15-10-12-6-7-13-14(9-12)17-11-16-13/h6-7,9H,2-5,8,10-11H2,1H3. The molecule has 1 heterocycles. The Bertz CT molecular complexity index is 349. The highest BCUT2D eigenvalue weighted by atomic mass is 16.7. The van der Waals surface area contributed by atoms with Crippen molar-refractivity contribution < 1.29 is 14.2 Å². The van der Waals surface area contributed by atoms with Gasteiger partial charge in [-0.15, -0.1) is 0 Å². The van der Waals surface area contributed by atoms with Crippen molar-refractivity contribution in [3.8, 4) is 11.5 Å². The molecule has 0 N–H and O–H groups in total. The Labute approximate surface area is 103 Å². The van der Waals surface area contributed by atoms with Crippen LogP contribution in [-0.4, -0.2) is 13.4 Å². The fourth-order valence-corrected chi connectivity index (χ4v) is 1.85. The van der Waals surface area contributed by atoms with Crippen LogP contribution in [0.3, 0.4) is 0 Å². The molecule has 1 aliphatic rings. The van der Waals surface area contributed by atoms with E-state index in [0.717, 1.165) is 30.1 Å². The van der Waals surface area contributed by atoms with E-state index in [1.54, 1.807) is 0 Å². The van der Waals surface area contributed by atoms with Crippen LogP contribution in [0.4, 0.5) is 0 Å². The number of unbranched alkanes of at least 4 members (excludes halogenated alkanes) is 3. The van der Waals surface area contributed by atoms with Gasteiger partial charge >= 0.3 is 0 Å². The van der Waals surface area contributed by atoms with E-state index < -0.39 is 0 Å². The number of ether oxygens (including phenoxy) is 3. The third-order valence-electron chi connectivity index (χ3n) is 2.85. The minimum atomic E-state index is 0.330. The maximum absolute atomic E-state index is 5.63. The summed E-state index contributed by atoms with van der Waals surface area (Å²) in [6.07, 6.45) is 4.98. The van der Waals surface area contributed by atoms with Gasteiger partial charge in [0.15, 0.2) is 11.5 Å². The van der Waals surface area contributed by atoms with E-state index in [-0.39, 0.29) is 0 Å². The zero-order chi connectivity index (χ0) is 11.9. The average molecular weight is 236 g/mol. The number of rotatable bonds is 7. The molecule has 0 bridgehead atoms. The van der Waals surface area contributed by atoms with Crippen molar-refractivity contribution in [2.45, 2.75) is 39.2 Å². The van der Waals surface area contributed by atoms with Gasteiger partial charge in [0.1, 0.15) is 0 Å². The first-order chi connectivity index (χ1) is 8.40. The lowest BCUT2D eigenvalue weighted by atomic mass is 10.2. The van der Waals surface area contributed by atoms with E-state index in [0.29, 0.717) is 13.4 Å². The van der Waals surface area contributed by atoms with E-state index in [1.807, 2.05) is 18.2 Å². The molecule has 1 aromatic rings. The molecule has 1 aromatic carbocycles. The van der Waals surface area contributed by atoms with Crippen LogP contribution in [-0.2, 0) is 11.3 Å². The van der Waals surface area contributed by atoms with E-state index in [1.165, 1.54) is 19.3 Å². The summed E-state index contributed by atoms with van der Waals surface area (Å²) in [6, 6.07) is 5.96. The molecule has 17 heavy (non-hydrogen) atoms. The Morgan fingerprint density at radius 1 is 1.12 bits per heavy atom. The smallest absolute Gasteiger partial charge is 0.231 e. The molecule has 3 nitrogen and oxygen atoms in total. The lowest BCUT2D eigenvalue weighted by Crippen LogP contribution is -1.95. The van der Waals surface area contributed by atoms with Crippen LogP contribution < -0.4 is 9.47 Å². The molecule has 0 fully saturated rings. The summed E-state index contributed by atoms with van der Waals surface area (Å²) in [7, 11) is 0. The van der Waals surface area contributed by atoms with Crippen LogP contribution in [0.2, 0.25) is 0 Å². The molecule has 0 aliphatic carbocycles. The topological polar surface area (TPSA) is 27.7 Å². The van der Waals surface area contributed by atoms with Crippen LogP contribution in [0.25, 0.3) is 0 Å². The summed E-state index contributed by atoms with van der Waals surface area (Å²) in [5, 5.41) is 0. The Morgan fingerprint density at radius 2 is 2.00 bits per heavy atom. The van der Waals surface area contributed by atoms with Crippen molar-refractivity contribution in [3.63, 3.8) is 0 Å². The third-order valence-corrected chi connectivity index (χ3v) is 2.85.